The van der Waals surface area contributed by atoms with Gasteiger partial charge in [-0.3, -0.25) is 0 Å². The molecule has 1 N–H and O–H groups in total. The summed E-state index contributed by atoms with van der Waals surface area (Å²) in [6, 6.07) is 6.47. The van der Waals surface area contributed by atoms with Crippen LogP contribution in [0.4, 0.5) is 0 Å². The topological polar surface area (TPSA) is 39.1 Å². The van der Waals surface area contributed by atoms with Crippen LogP contribution in [0.3, 0.4) is 0 Å². The molecule has 1 saturated heterocycles. The smallest absolute Gasteiger partial charge is 0.133 e. The molecule has 0 saturated carbocycles. The summed E-state index contributed by atoms with van der Waals surface area (Å²) >= 11 is 3.53. The number of nitrogens with one attached hydrogen (secondary N) is 1. The molecule has 19 heavy (non-hydrogen) atoms. The highest BCUT2D eigenvalue weighted by atomic mass is 79.9. The van der Waals surface area contributed by atoms with Crippen LogP contribution in [-0.4, -0.2) is 23.2 Å². The Hall–Kier alpha value is -1.33. The number of rotatable bonds is 3. The van der Waals surface area contributed by atoms with Gasteiger partial charge in [0.05, 0.1) is 29.8 Å². The van der Waals surface area contributed by atoms with Gasteiger partial charge in [0.1, 0.15) is 5.75 Å². The largest absolute Gasteiger partial charge is 0.496 e. The van der Waals surface area contributed by atoms with E-state index < -0.39 is 0 Å². The normalized spacial score (nSPS) is 18.7. The van der Waals surface area contributed by atoms with E-state index in [9.17, 15) is 0 Å². The van der Waals surface area contributed by atoms with Crippen LogP contribution in [0.1, 0.15) is 24.6 Å². The van der Waals surface area contributed by atoms with E-state index in [0.717, 1.165) is 22.5 Å². The van der Waals surface area contributed by atoms with Gasteiger partial charge in [0, 0.05) is 11.7 Å². The maximum absolute atomic E-state index is 5.26. The summed E-state index contributed by atoms with van der Waals surface area (Å²) in [5, 5.41) is 3.51. The Morgan fingerprint density at radius 2 is 2.37 bits per heavy atom. The minimum Gasteiger partial charge on any atom is -0.496 e. The fourth-order valence-electron chi connectivity index (χ4n) is 2.52. The average Bonchev–Trinajstić information content (AvgIpc) is 3.09. The van der Waals surface area contributed by atoms with Crippen molar-refractivity contribution in [3.8, 4) is 11.4 Å². The molecular weight excluding hydrogens is 306 g/mol. The van der Waals surface area contributed by atoms with Gasteiger partial charge < -0.3 is 14.6 Å². The Balaban J connectivity index is 1.98. The van der Waals surface area contributed by atoms with Gasteiger partial charge in [0.15, 0.2) is 0 Å². The molecule has 1 unspecified atom stereocenters. The first kappa shape index (κ1) is 12.7. The summed E-state index contributed by atoms with van der Waals surface area (Å²) in [7, 11) is 1.67. The molecule has 2 aromatic rings. The van der Waals surface area contributed by atoms with Crippen molar-refractivity contribution in [2.24, 2.45) is 0 Å². The quantitative estimate of drug-likeness (QED) is 0.944. The number of methoxy groups -OCH3 is 1. The van der Waals surface area contributed by atoms with Crippen LogP contribution in [0.15, 0.2) is 35.2 Å². The van der Waals surface area contributed by atoms with Crippen LogP contribution >= 0.6 is 15.9 Å². The predicted molar refractivity (Wildman–Crippen MR) is 77.8 cm³/mol. The molecule has 2 heterocycles. The number of imidazole rings is 1. The number of aromatic nitrogens is 2. The predicted octanol–water partition coefficient (Wildman–Crippen LogP) is 3.07. The average molecular weight is 322 g/mol. The first-order valence-corrected chi connectivity index (χ1v) is 7.18. The second kappa shape index (κ2) is 5.35. The molecule has 1 aromatic heterocycles. The van der Waals surface area contributed by atoms with E-state index in [1.807, 2.05) is 24.7 Å². The molecule has 1 atom stereocenters. The molecule has 0 radical (unpaired) electrons. The first-order chi connectivity index (χ1) is 9.29. The molecular formula is C14H16BrN3O. The minimum atomic E-state index is 0.406. The number of hydrogen-bond donors (Lipinski definition) is 1. The zero-order valence-corrected chi connectivity index (χ0v) is 12.4. The third kappa shape index (κ3) is 2.40. The Bertz CT molecular complexity index is 576. The van der Waals surface area contributed by atoms with Crippen molar-refractivity contribution in [3.63, 3.8) is 0 Å². The monoisotopic (exact) mass is 321 g/mol. The molecule has 5 heteroatoms. The second-order valence-electron chi connectivity index (χ2n) is 4.66. The lowest BCUT2D eigenvalue weighted by molar-refractivity contribution is 0.412. The van der Waals surface area contributed by atoms with Gasteiger partial charge in [-0.15, -0.1) is 0 Å². The second-order valence-corrected chi connectivity index (χ2v) is 5.51. The van der Waals surface area contributed by atoms with Crippen LogP contribution < -0.4 is 10.1 Å². The zero-order valence-electron chi connectivity index (χ0n) is 10.8. The highest BCUT2D eigenvalue weighted by molar-refractivity contribution is 9.10. The fraction of sp³-hybridized carbons (Fsp3) is 0.357. The summed E-state index contributed by atoms with van der Waals surface area (Å²) in [6.07, 6.45) is 6.20. The highest BCUT2D eigenvalue weighted by Gasteiger charge is 2.20. The van der Waals surface area contributed by atoms with Crippen molar-refractivity contribution >= 4 is 15.9 Å². The van der Waals surface area contributed by atoms with Crippen molar-refractivity contribution in [1.82, 2.24) is 14.9 Å². The van der Waals surface area contributed by atoms with E-state index in [2.05, 4.69) is 36.9 Å². The Morgan fingerprint density at radius 1 is 1.47 bits per heavy atom. The fourth-order valence-corrected chi connectivity index (χ4v) is 3.05. The van der Waals surface area contributed by atoms with Gasteiger partial charge in [0.25, 0.3) is 0 Å². The van der Waals surface area contributed by atoms with E-state index >= 15 is 0 Å². The number of nitrogens with zero attached hydrogens (tertiary/aromatic N) is 2. The van der Waals surface area contributed by atoms with Gasteiger partial charge >= 0.3 is 0 Å². The molecule has 3 rings (SSSR count). The third-order valence-electron chi connectivity index (χ3n) is 3.50. The maximum atomic E-state index is 5.26. The van der Waals surface area contributed by atoms with Crippen molar-refractivity contribution in [1.29, 1.82) is 0 Å². The van der Waals surface area contributed by atoms with E-state index in [1.54, 1.807) is 7.11 Å². The summed E-state index contributed by atoms with van der Waals surface area (Å²) in [6.45, 7) is 1.09. The molecule has 1 aliphatic heterocycles. The molecule has 0 spiro atoms. The first-order valence-electron chi connectivity index (χ1n) is 6.39. The molecule has 4 nitrogen and oxygen atoms in total. The van der Waals surface area contributed by atoms with E-state index in [4.69, 9.17) is 4.74 Å². The third-order valence-corrected chi connectivity index (χ3v) is 4.12. The number of ether oxygens (including phenoxy) is 1. The molecule has 100 valence electrons. The molecule has 0 amide bonds. The number of halogens is 1. The van der Waals surface area contributed by atoms with Crippen LogP contribution in [0.25, 0.3) is 5.69 Å². The van der Waals surface area contributed by atoms with Gasteiger partial charge in [-0.2, -0.15) is 0 Å². The summed E-state index contributed by atoms with van der Waals surface area (Å²) in [5.41, 5.74) is 2.31. The lowest BCUT2D eigenvalue weighted by Crippen LogP contribution is -2.16. The van der Waals surface area contributed by atoms with Gasteiger partial charge in [-0.05, 0) is 53.5 Å². The molecule has 0 bridgehead atoms. The zero-order chi connectivity index (χ0) is 13.2. The SMILES string of the molecule is COc1ccc(-n2cncc2C2CCCN2)cc1Br. The Kier molecular flexibility index (Phi) is 3.57. The number of hydrogen-bond acceptors (Lipinski definition) is 3. The molecule has 1 fully saturated rings. The highest BCUT2D eigenvalue weighted by Crippen LogP contribution is 2.30. The minimum absolute atomic E-state index is 0.406. The van der Waals surface area contributed by atoms with E-state index in [1.165, 1.54) is 18.5 Å². The van der Waals surface area contributed by atoms with Crippen molar-refractivity contribution in [2.75, 3.05) is 13.7 Å². The van der Waals surface area contributed by atoms with Crippen LogP contribution in [0, 0.1) is 0 Å². The molecule has 1 aliphatic rings. The van der Waals surface area contributed by atoms with Crippen LogP contribution in [0.5, 0.6) is 5.75 Å². The van der Waals surface area contributed by atoms with Gasteiger partial charge in [-0.25, -0.2) is 4.98 Å². The van der Waals surface area contributed by atoms with Crippen molar-refractivity contribution in [2.45, 2.75) is 18.9 Å². The summed E-state index contributed by atoms with van der Waals surface area (Å²) < 4.78 is 8.35. The lowest BCUT2D eigenvalue weighted by atomic mass is 10.1. The van der Waals surface area contributed by atoms with E-state index in [0.29, 0.717) is 6.04 Å². The Labute approximate surface area is 120 Å². The van der Waals surface area contributed by atoms with Gasteiger partial charge in [-0.1, -0.05) is 0 Å². The Morgan fingerprint density at radius 3 is 3.05 bits per heavy atom. The standard InChI is InChI=1S/C14H16BrN3O/c1-19-14-5-4-10(7-11(14)15)18-9-16-8-13(18)12-3-2-6-17-12/h4-5,7-9,12,17H,2-3,6H2,1H3. The number of benzene rings is 1. The van der Waals surface area contributed by atoms with Crippen molar-refractivity contribution in [3.05, 3.63) is 40.9 Å². The van der Waals surface area contributed by atoms with Crippen molar-refractivity contribution < 1.29 is 4.74 Å². The lowest BCUT2D eigenvalue weighted by Gasteiger charge is -2.14. The molecule has 0 aliphatic carbocycles. The van der Waals surface area contributed by atoms with Crippen LogP contribution in [0.2, 0.25) is 0 Å². The molecule has 1 aromatic carbocycles. The summed E-state index contributed by atoms with van der Waals surface area (Å²) in [5.74, 6) is 0.837. The summed E-state index contributed by atoms with van der Waals surface area (Å²) in [4.78, 5) is 4.29. The van der Waals surface area contributed by atoms with Gasteiger partial charge in [0.2, 0.25) is 0 Å². The maximum Gasteiger partial charge on any atom is 0.133 e. The van der Waals surface area contributed by atoms with Crippen LogP contribution in [-0.2, 0) is 0 Å². The van der Waals surface area contributed by atoms with E-state index in [-0.39, 0.29) is 0 Å².